The van der Waals surface area contributed by atoms with Crippen LogP contribution in [0.5, 0.6) is 0 Å². The molecule has 0 aliphatic rings. The van der Waals surface area contributed by atoms with Gasteiger partial charge in [-0.05, 0) is 61.6 Å². The standard InChI is InChI=1S/C25H40N8O2/c1-17(31-16-23(26)27)20-12-19(13-21(15-20)18(2)32-33-25(28)29)14-22(34)10-8-6-4-5-7-9-11-24(35)30-3/h12-13,15H,4-11,14,16H2,1-3H3,(H3,26,27)(H,30,35)(H4,28,29,33)/b31-17?,32-18+. The molecule has 0 aliphatic carbocycles. The lowest BCUT2D eigenvalue weighted by molar-refractivity contribution is -0.121. The molecule has 0 saturated heterocycles. The molecule has 10 nitrogen and oxygen atoms in total. The van der Waals surface area contributed by atoms with E-state index in [0.717, 1.165) is 55.2 Å². The molecular formula is C25H40N8O2. The van der Waals surface area contributed by atoms with Crippen molar-refractivity contribution in [2.24, 2.45) is 32.4 Å². The SMILES string of the molecule is CNC(=O)CCCCCCCCC(=O)Cc1cc(C(C)=NCC(=N)N)cc(/C(C)=N/N=C(N)N)c1. The van der Waals surface area contributed by atoms with Crippen LogP contribution in [0.2, 0.25) is 0 Å². The zero-order chi connectivity index (χ0) is 26.2. The summed E-state index contributed by atoms with van der Waals surface area (Å²) in [4.78, 5) is 28.2. The third kappa shape index (κ3) is 13.0. The number of rotatable bonds is 16. The molecule has 1 rings (SSSR count). The minimum Gasteiger partial charge on any atom is -0.386 e. The van der Waals surface area contributed by atoms with Crippen LogP contribution in [0, 0.1) is 5.41 Å². The van der Waals surface area contributed by atoms with E-state index in [0.29, 0.717) is 30.7 Å². The van der Waals surface area contributed by atoms with Gasteiger partial charge in [-0.15, -0.1) is 5.10 Å². The summed E-state index contributed by atoms with van der Waals surface area (Å²) in [5.74, 6) is 0.0973. The molecule has 0 aliphatic heterocycles. The van der Waals surface area contributed by atoms with Crippen molar-refractivity contribution in [1.82, 2.24) is 5.32 Å². The molecule has 8 N–H and O–H groups in total. The monoisotopic (exact) mass is 484 g/mol. The predicted molar refractivity (Wildman–Crippen MR) is 143 cm³/mol. The number of benzene rings is 1. The maximum absolute atomic E-state index is 12.6. The molecule has 0 heterocycles. The van der Waals surface area contributed by atoms with Gasteiger partial charge in [0.2, 0.25) is 11.9 Å². The van der Waals surface area contributed by atoms with Crippen molar-refractivity contribution in [2.75, 3.05) is 13.6 Å². The fourth-order valence-corrected chi connectivity index (χ4v) is 3.45. The number of nitrogens with zero attached hydrogens (tertiary/aromatic N) is 3. The van der Waals surface area contributed by atoms with Crippen molar-refractivity contribution in [3.8, 4) is 0 Å². The molecule has 0 saturated carbocycles. The van der Waals surface area contributed by atoms with Gasteiger partial charge in [-0.3, -0.25) is 20.0 Å². The van der Waals surface area contributed by atoms with Gasteiger partial charge in [-0.2, -0.15) is 5.10 Å². The normalized spacial score (nSPS) is 11.7. The number of nitrogens with one attached hydrogen (secondary N) is 2. The largest absolute Gasteiger partial charge is 0.386 e. The highest BCUT2D eigenvalue weighted by atomic mass is 16.1. The van der Waals surface area contributed by atoms with Gasteiger partial charge in [0.25, 0.3) is 0 Å². The predicted octanol–water partition coefficient (Wildman–Crippen LogP) is 2.41. The minimum absolute atomic E-state index is 0.0205. The maximum Gasteiger partial charge on any atom is 0.219 e. The number of carbonyl (C=O) groups is 2. The lowest BCUT2D eigenvalue weighted by Crippen LogP contribution is -2.22. The molecule has 1 amide bonds. The van der Waals surface area contributed by atoms with Gasteiger partial charge < -0.3 is 22.5 Å². The van der Waals surface area contributed by atoms with Crippen LogP contribution in [0.3, 0.4) is 0 Å². The van der Waals surface area contributed by atoms with Crippen LogP contribution in [-0.4, -0.2) is 48.5 Å². The Labute approximate surface area is 208 Å². The van der Waals surface area contributed by atoms with Crippen molar-refractivity contribution in [3.05, 3.63) is 34.9 Å². The van der Waals surface area contributed by atoms with Gasteiger partial charge in [0.05, 0.1) is 12.3 Å². The highest BCUT2D eigenvalue weighted by Gasteiger charge is 2.10. The van der Waals surface area contributed by atoms with Crippen LogP contribution in [0.1, 0.15) is 81.9 Å². The molecule has 192 valence electrons. The molecule has 0 fully saturated rings. The van der Waals surface area contributed by atoms with E-state index in [1.165, 1.54) is 0 Å². The van der Waals surface area contributed by atoms with E-state index in [1.54, 1.807) is 14.0 Å². The Bertz CT molecular complexity index is 962. The molecular weight excluding hydrogens is 444 g/mol. The smallest absolute Gasteiger partial charge is 0.219 e. The number of unbranched alkanes of at least 4 members (excludes halogenated alkanes) is 5. The van der Waals surface area contributed by atoms with Crippen LogP contribution in [-0.2, 0) is 16.0 Å². The summed E-state index contributed by atoms with van der Waals surface area (Å²) in [6.07, 6.45) is 7.32. The zero-order valence-corrected chi connectivity index (χ0v) is 21.2. The van der Waals surface area contributed by atoms with Crippen LogP contribution in [0.4, 0.5) is 0 Å². The Morgan fingerprint density at radius 1 is 0.857 bits per heavy atom. The number of nitrogens with two attached hydrogens (primary N) is 3. The molecule has 0 unspecified atom stereocenters. The molecule has 10 heteroatoms. The maximum atomic E-state index is 12.6. The lowest BCUT2D eigenvalue weighted by atomic mass is 9.96. The van der Waals surface area contributed by atoms with Crippen LogP contribution < -0.4 is 22.5 Å². The number of hydrogen-bond acceptors (Lipinski definition) is 6. The second-order valence-corrected chi connectivity index (χ2v) is 8.57. The third-order valence-electron chi connectivity index (χ3n) is 5.42. The first-order valence-corrected chi connectivity index (χ1v) is 12.0. The first-order chi connectivity index (χ1) is 16.6. The van der Waals surface area contributed by atoms with E-state index in [-0.39, 0.29) is 30.0 Å². The van der Waals surface area contributed by atoms with Crippen molar-refractivity contribution >= 4 is 34.9 Å². The highest BCUT2D eigenvalue weighted by molar-refractivity contribution is 6.05. The van der Waals surface area contributed by atoms with Gasteiger partial charge >= 0.3 is 0 Å². The summed E-state index contributed by atoms with van der Waals surface area (Å²) in [7, 11) is 1.65. The zero-order valence-electron chi connectivity index (χ0n) is 21.2. The second kappa shape index (κ2) is 16.1. The van der Waals surface area contributed by atoms with Crippen molar-refractivity contribution < 1.29 is 9.59 Å². The number of aliphatic imine (C=N–C) groups is 1. The molecule has 0 spiro atoms. The number of guanidine groups is 1. The lowest BCUT2D eigenvalue weighted by Gasteiger charge is -2.10. The van der Waals surface area contributed by atoms with Crippen molar-refractivity contribution in [1.29, 1.82) is 5.41 Å². The molecule has 0 aromatic heterocycles. The van der Waals surface area contributed by atoms with Gasteiger partial charge in [-0.25, -0.2) is 0 Å². The van der Waals surface area contributed by atoms with Gasteiger partial charge in [0.15, 0.2) is 0 Å². The second-order valence-electron chi connectivity index (χ2n) is 8.57. The number of hydrogen-bond donors (Lipinski definition) is 5. The Balaban J connectivity index is 2.76. The van der Waals surface area contributed by atoms with E-state index in [9.17, 15) is 9.59 Å². The van der Waals surface area contributed by atoms with Crippen LogP contribution in [0.25, 0.3) is 0 Å². The molecule has 0 bridgehead atoms. The van der Waals surface area contributed by atoms with E-state index < -0.39 is 0 Å². The number of amidine groups is 1. The number of ketones is 1. The average Bonchev–Trinajstić information content (AvgIpc) is 2.81. The van der Waals surface area contributed by atoms with E-state index in [2.05, 4.69) is 20.5 Å². The minimum atomic E-state index is -0.137. The summed E-state index contributed by atoms with van der Waals surface area (Å²) in [5.41, 5.74) is 20.0. The van der Waals surface area contributed by atoms with Crippen LogP contribution in [0.15, 0.2) is 33.4 Å². The average molecular weight is 485 g/mol. The highest BCUT2D eigenvalue weighted by Crippen LogP contribution is 2.16. The Hall–Kier alpha value is -3.56. The molecule has 1 aromatic rings. The van der Waals surface area contributed by atoms with E-state index >= 15 is 0 Å². The Morgan fingerprint density at radius 2 is 1.43 bits per heavy atom. The fraction of sp³-hybridized carbons (Fsp3) is 0.520. The number of Topliss-reactive ketones (excluding diaryl/α,β-unsaturated/α-hetero) is 1. The first kappa shape index (κ1) is 29.5. The summed E-state index contributed by atoms with van der Waals surface area (Å²) in [6, 6.07) is 5.74. The van der Waals surface area contributed by atoms with Gasteiger partial charge in [0, 0.05) is 32.0 Å². The Kier molecular flexibility index (Phi) is 13.6. The van der Waals surface area contributed by atoms with Gasteiger partial charge in [0.1, 0.15) is 11.6 Å². The molecule has 35 heavy (non-hydrogen) atoms. The summed E-state index contributed by atoms with van der Waals surface area (Å²) in [5, 5.41) is 17.8. The fourth-order valence-electron chi connectivity index (χ4n) is 3.45. The molecule has 0 radical (unpaired) electrons. The number of amides is 1. The van der Waals surface area contributed by atoms with E-state index in [4.69, 9.17) is 22.6 Å². The summed E-state index contributed by atoms with van der Waals surface area (Å²) in [6.45, 7) is 3.73. The van der Waals surface area contributed by atoms with Crippen LogP contribution >= 0.6 is 0 Å². The topological polar surface area (TPSA) is 185 Å². The van der Waals surface area contributed by atoms with Crippen molar-refractivity contribution in [3.63, 3.8) is 0 Å². The Morgan fingerprint density at radius 3 is 2.00 bits per heavy atom. The first-order valence-electron chi connectivity index (χ1n) is 12.0. The molecule has 0 atom stereocenters. The van der Waals surface area contributed by atoms with E-state index in [1.807, 2.05) is 25.1 Å². The molecule has 1 aromatic carbocycles. The summed E-state index contributed by atoms with van der Waals surface area (Å²) < 4.78 is 0. The van der Waals surface area contributed by atoms with Gasteiger partial charge in [-0.1, -0.05) is 25.7 Å². The summed E-state index contributed by atoms with van der Waals surface area (Å²) >= 11 is 0. The third-order valence-corrected chi connectivity index (χ3v) is 5.42. The quantitative estimate of drug-likeness (QED) is 0.104. The number of carbonyl (C=O) groups excluding carboxylic acids is 2. The van der Waals surface area contributed by atoms with Crippen molar-refractivity contribution in [2.45, 2.75) is 71.6 Å².